The van der Waals surface area contributed by atoms with Crippen LogP contribution in [0.2, 0.25) is 0 Å². The lowest BCUT2D eigenvalue weighted by molar-refractivity contribution is 0.425. The van der Waals surface area contributed by atoms with E-state index < -0.39 is 0 Å². The molecule has 0 saturated heterocycles. The summed E-state index contributed by atoms with van der Waals surface area (Å²) < 4.78 is 7.96. The monoisotopic (exact) mass is 368 g/mol. The SMILES string of the molecule is Cn1ccnc1-c1noc(-c2cc(I)ccc2O)n1. The third-order valence-electron chi connectivity index (χ3n) is 2.64. The Morgan fingerprint density at radius 3 is 2.95 bits per heavy atom. The van der Waals surface area contributed by atoms with Crippen molar-refractivity contribution in [3.05, 3.63) is 34.2 Å². The quantitative estimate of drug-likeness (QED) is 0.704. The molecule has 3 rings (SSSR count). The topological polar surface area (TPSA) is 77.0 Å². The molecule has 0 bridgehead atoms. The minimum absolute atomic E-state index is 0.107. The van der Waals surface area contributed by atoms with Crippen LogP contribution in [-0.4, -0.2) is 24.8 Å². The number of imidazole rings is 1. The van der Waals surface area contributed by atoms with E-state index in [1.54, 1.807) is 35.2 Å². The van der Waals surface area contributed by atoms with E-state index in [1.807, 2.05) is 7.05 Å². The standard InChI is InChI=1S/C12H9IN4O2/c1-17-5-4-14-11(17)10-15-12(19-16-10)8-6-7(13)2-3-9(8)18/h2-6,18H,1H3. The van der Waals surface area contributed by atoms with Crippen molar-refractivity contribution in [3.63, 3.8) is 0 Å². The zero-order valence-corrected chi connectivity index (χ0v) is 12.1. The van der Waals surface area contributed by atoms with Gasteiger partial charge in [0.2, 0.25) is 5.82 Å². The fourth-order valence-electron chi connectivity index (χ4n) is 1.68. The molecule has 0 fully saturated rings. The first kappa shape index (κ1) is 12.2. The van der Waals surface area contributed by atoms with Crippen molar-refractivity contribution in [1.82, 2.24) is 19.7 Å². The summed E-state index contributed by atoms with van der Waals surface area (Å²) in [5.74, 6) is 1.38. The molecular formula is C12H9IN4O2. The molecule has 0 aliphatic rings. The predicted molar refractivity (Wildman–Crippen MR) is 76.3 cm³/mol. The zero-order valence-electron chi connectivity index (χ0n) is 9.91. The minimum Gasteiger partial charge on any atom is -0.507 e. The molecule has 6 nitrogen and oxygen atoms in total. The van der Waals surface area contributed by atoms with Gasteiger partial charge in [0.1, 0.15) is 5.75 Å². The van der Waals surface area contributed by atoms with Gasteiger partial charge in [0.05, 0.1) is 5.56 Å². The Hall–Kier alpha value is -1.90. The molecule has 1 aromatic carbocycles. The molecule has 0 saturated carbocycles. The van der Waals surface area contributed by atoms with Gasteiger partial charge in [-0.25, -0.2) is 4.98 Å². The summed E-state index contributed by atoms with van der Waals surface area (Å²) >= 11 is 2.15. The van der Waals surface area contributed by atoms with Crippen molar-refractivity contribution < 1.29 is 9.63 Å². The van der Waals surface area contributed by atoms with Crippen molar-refractivity contribution in [2.75, 3.05) is 0 Å². The normalized spacial score (nSPS) is 10.8. The lowest BCUT2D eigenvalue weighted by Crippen LogP contribution is -1.92. The van der Waals surface area contributed by atoms with Crippen molar-refractivity contribution in [3.8, 4) is 28.9 Å². The average Bonchev–Trinajstić information content (AvgIpc) is 3.00. The van der Waals surface area contributed by atoms with Gasteiger partial charge in [0.25, 0.3) is 5.89 Å². The van der Waals surface area contributed by atoms with E-state index in [2.05, 4.69) is 37.7 Å². The van der Waals surface area contributed by atoms with Gasteiger partial charge in [0, 0.05) is 23.0 Å². The lowest BCUT2D eigenvalue weighted by atomic mass is 10.2. The molecule has 2 heterocycles. The van der Waals surface area contributed by atoms with Gasteiger partial charge in [-0.05, 0) is 40.8 Å². The number of nitrogens with zero attached hydrogens (tertiary/aromatic N) is 4. The van der Waals surface area contributed by atoms with Gasteiger partial charge in [0.15, 0.2) is 5.82 Å². The van der Waals surface area contributed by atoms with Crippen LogP contribution in [0.5, 0.6) is 5.75 Å². The van der Waals surface area contributed by atoms with Gasteiger partial charge in [-0.1, -0.05) is 5.16 Å². The molecule has 0 aliphatic carbocycles. The molecule has 96 valence electrons. The first-order chi connectivity index (χ1) is 9.15. The van der Waals surface area contributed by atoms with Crippen LogP contribution in [0, 0.1) is 3.57 Å². The Bertz CT molecular complexity index is 735. The highest BCUT2D eigenvalue weighted by Crippen LogP contribution is 2.30. The number of benzene rings is 1. The number of aromatic hydroxyl groups is 1. The second kappa shape index (κ2) is 4.65. The van der Waals surface area contributed by atoms with E-state index >= 15 is 0 Å². The third-order valence-corrected chi connectivity index (χ3v) is 3.31. The number of hydrogen-bond donors (Lipinski definition) is 1. The minimum atomic E-state index is 0.107. The van der Waals surface area contributed by atoms with Crippen LogP contribution in [0.1, 0.15) is 0 Å². The maximum Gasteiger partial charge on any atom is 0.262 e. The number of rotatable bonds is 2. The second-order valence-electron chi connectivity index (χ2n) is 3.95. The molecule has 3 aromatic rings. The van der Waals surface area contributed by atoms with Crippen molar-refractivity contribution in [2.24, 2.45) is 7.05 Å². The Kier molecular flexibility index (Phi) is 2.97. The smallest absolute Gasteiger partial charge is 0.262 e. The van der Waals surface area contributed by atoms with Crippen LogP contribution in [0.4, 0.5) is 0 Å². The molecule has 2 aromatic heterocycles. The summed E-state index contributed by atoms with van der Waals surface area (Å²) in [7, 11) is 1.85. The van der Waals surface area contributed by atoms with Gasteiger partial charge in [-0.15, -0.1) is 0 Å². The van der Waals surface area contributed by atoms with Crippen LogP contribution in [-0.2, 0) is 7.05 Å². The number of aryl methyl sites for hydroxylation is 1. The maximum atomic E-state index is 9.83. The predicted octanol–water partition coefficient (Wildman–Crippen LogP) is 2.45. The Balaban J connectivity index is 2.06. The van der Waals surface area contributed by atoms with E-state index in [-0.39, 0.29) is 11.6 Å². The fourth-order valence-corrected chi connectivity index (χ4v) is 2.18. The summed E-state index contributed by atoms with van der Waals surface area (Å²) in [5.41, 5.74) is 0.514. The van der Waals surface area contributed by atoms with Gasteiger partial charge in [-0.2, -0.15) is 4.98 Å². The number of hydrogen-bond acceptors (Lipinski definition) is 5. The van der Waals surface area contributed by atoms with E-state index in [0.717, 1.165) is 3.57 Å². The molecule has 1 N–H and O–H groups in total. The Labute approximate surface area is 122 Å². The zero-order chi connectivity index (χ0) is 13.4. The molecule has 19 heavy (non-hydrogen) atoms. The maximum absolute atomic E-state index is 9.83. The summed E-state index contributed by atoms with van der Waals surface area (Å²) in [6.45, 7) is 0. The number of phenolic OH excluding ortho intramolecular Hbond substituents is 1. The van der Waals surface area contributed by atoms with E-state index in [0.29, 0.717) is 17.2 Å². The molecular weight excluding hydrogens is 359 g/mol. The first-order valence-corrected chi connectivity index (χ1v) is 6.53. The molecule has 0 radical (unpaired) electrons. The molecule has 0 amide bonds. The fraction of sp³-hybridized carbons (Fsp3) is 0.0833. The van der Waals surface area contributed by atoms with Crippen LogP contribution < -0.4 is 0 Å². The van der Waals surface area contributed by atoms with Gasteiger partial charge >= 0.3 is 0 Å². The summed E-state index contributed by atoms with van der Waals surface area (Å²) in [6, 6.07) is 5.18. The molecule has 0 aliphatic heterocycles. The highest BCUT2D eigenvalue weighted by molar-refractivity contribution is 14.1. The van der Waals surface area contributed by atoms with Gasteiger partial charge < -0.3 is 14.2 Å². The van der Waals surface area contributed by atoms with E-state index in [1.165, 1.54) is 0 Å². The average molecular weight is 368 g/mol. The highest BCUT2D eigenvalue weighted by Gasteiger charge is 2.16. The summed E-state index contributed by atoms with van der Waals surface area (Å²) in [6.07, 6.45) is 3.46. The van der Waals surface area contributed by atoms with Crippen LogP contribution in [0.15, 0.2) is 35.1 Å². The number of halogens is 1. The molecule has 7 heteroatoms. The van der Waals surface area contributed by atoms with Crippen LogP contribution >= 0.6 is 22.6 Å². The molecule has 0 spiro atoms. The van der Waals surface area contributed by atoms with Gasteiger partial charge in [-0.3, -0.25) is 0 Å². The van der Waals surface area contributed by atoms with Crippen LogP contribution in [0.25, 0.3) is 23.1 Å². The van der Waals surface area contributed by atoms with Crippen molar-refractivity contribution >= 4 is 22.6 Å². The third kappa shape index (κ3) is 2.21. The summed E-state index contributed by atoms with van der Waals surface area (Å²) in [4.78, 5) is 8.41. The van der Waals surface area contributed by atoms with E-state index in [9.17, 15) is 5.11 Å². The molecule has 0 atom stereocenters. The largest absolute Gasteiger partial charge is 0.507 e. The number of aromatic nitrogens is 4. The van der Waals surface area contributed by atoms with Crippen LogP contribution in [0.3, 0.4) is 0 Å². The van der Waals surface area contributed by atoms with E-state index in [4.69, 9.17) is 4.52 Å². The second-order valence-corrected chi connectivity index (χ2v) is 5.19. The summed E-state index contributed by atoms with van der Waals surface area (Å²) in [5, 5.41) is 13.7. The number of phenols is 1. The Morgan fingerprint density at radius 2 is 2.21 bits per heavy atom. The molecule has 0 unspecified atom stereocenters. The highest BCUT2D eigenvalue weighted by atomic mass is 127. The lowest BCUT2D eigenvalue weighted by Gasteiger charge is -1.99. The van der Waals surface area contributed by atoms with Crippen molar-refractivity contribution in [1.29, 1.82) is 0 Å². The first-order valence-electron chi connectivity index (χ1n) is 5.45. The van der Waals surface area contributed by atoms with Crippen molar-refractivity contribution in [2.45, 2.75) is 0 Å². The Morgan fingerprint density at radius 1 is 1.37 bits per heavy atom.